The fourth-order valence-electron chi connectivity index (χ4n) is 1.21. The van der Waals surface area contributed by atoms with Crippen LogP contribution in [0.1, 0.15) is 10.6 Å². The number of nitrogens with two attached hydrogens (primary N) is 1. The third kappa shape index (κ3) is 2.23. The van der Waals surface area contributed by atoms with Gasteiger partial charge >= 0.3 is 0 Å². The van der Waals surface area contributed by atoms with E-state index in [0.717, 1.165) is 16.0 Å². The smallest absolute Gasteiger partial charge is 0.0953 e. The fourth-order valence-corrected chi connectivity index (χ4v) is 2.71. The van der Waals surface area contributed by atoms with E-state index in [2.05, 4.69) is 33.0 Å². The Labute approximate surface area is 94.7 Å². The third-order valence-corrected chi connectivity index (χ3v) is 3.47. The van der Waals surface area contributed by atoms with Gasteiger partial charge < -0.3 is 10.3 Å². The van der Waals surface area contributed by atoms with Gasteiger partial charge in [0, 0.05) is 17.6 Å². The zero-order valence-electron chi connectivity index (χ0n) is 7.48. The quantitative estimate of drug-likeness (QED) is 0.931. The first-order chi connectivity index (χ1) is 6.78. The van der Waals surface area contributed by atoms with E-state index in [1.54, 1.807) is 11.3 Å². The van der Waals surface area contributed by atoms with Crippen LogP contribution < -0.4 is 5.73 Å². The first-order valence-electron chi connectivity index (χ1n) is 4.23. The van der Waals surface area contributed by atoms with Gasteiger partial charge in [-0.3, -0.25) is 0 Å². The summed E-state index contributed by atoms with van der Waals surface area (Å²) in [6.07, 6.45) is 3.80. The molecule has 2 N–H and O–H groups in total. The molecule has 0 radical (unpaired) electrons. The second kappa shape index (κ2) is 4.25. The van der Waals surface area contributed by atoms with Gasteiger partial charge in [0.1, 0.15) is 0 Å². The van der Waals surface area contributed by atoms with Crippen molar-refractivity contribution >= 4 is 27.3 Å². The Kier molecular flexibility index (Phi) is 3.00. The molecule has 0 saturated heterocycles. The first-order valence-corrected chi connectivity index (χ1v) is 5.84. The van der Waals surface area contributed by atoms with E-state index >= 15 is 0 Å². The average molecular weight is 272 g/mol. The lowest BCUT2D eigenvalue weighted by atomic mass is 10.4. The number of aromatic nitrogens is 2. The Morgan fingerprint density at radius 1 is 1.50 bits per heavy atom. The zero-order chi connectivity index (χ0) is 9.97. The molecule has 0 saturated carbocycles. The van der Waals surface area contributed by atoms with Crippen molar-refractivity contribution in [2.24, 2.45) is 5.73 Å². The van der Waals surface area contributed by atoms with Crippen molar-refractivity contribution in [1.82, 2.24) is 9.55 Å². The Morgan fingerprint density at radius 2 is 2.36 bits per heavy atom. The largest absolute Gasteiger partial charge is 0.332 e. The minimum Gasteiger partial charge on any atom is -0.332 e. The second-order valence-corrected chi connectivity index (χ2v) is 5.49. The van der Waals surface area contributed by atoms with Gasteiger partial charge in [0.2, 0.25) is 0 Å². The summed E-state index contributed by atoms with van der Waals surface area (Å²) < 4.78 is 3.20. The van der Waals surface area contributed by atoms with Gasteiger partial charge in [-0.1, -0.05) is 0 Å². The standard InChI is InChI=1S/C9H10BrN3S/c10-9-2-1-8(14-9)5-13-4-7(3-11)12-6-13/h1-2,4,6H,3,5,11H2. The van der Waals surface area contributed by atoms with Gasteiger partial charge in [0.25, 0.3) is 0 Å². The molecule has 0 spiro atoms. The molecule has 0 unspecified atom stereocenters. The molecule has 0 aromatic carbocycles. The van der Waals surface area contributed by atoms with E-state index in [0.29, 0.717) is 6.54 Å². The highest BCUT2D eigenvalue weighted by molar-refractivity contribution is 9.11. The molecule has 0 aliphatic carbocycles. The van der Waals surface area contributed by atoms with Gasteiger partial charge in [0.05, 0.1) is 22.4 Å². The maximum atomic E-state index is 5.48. The minimum absolute atomic E-state index is 0.501. The monoisotopic (exact) mass is 271 g/mol. The second-order valence-electron chi connectivity index (χ2n) is 2.95. The lowest BCUT2D eigenvalue weighted by molar-refractivity contribution is 0.808. The van der Waals surface area contributed by atoms with Crippen LogP contribution in [0.5, 0.6) is 0 Å². The van der Waals surface area contributed by atoms with Crippen molar-refractivity contribution in [2.75, 3.05) is 0 Å². The first kappa shape index (κ1) is 9.89. The fraction of sp³-hybridized carbons (Fsp3) is 0.222. The number of rotatable bonds is 3. The van der Waals surface area contributed by atoms with Crippen LogP contribution in [-0.2, 0) is 13.1 Å². The maximum absolute atomic E-state index is 5.48. The number of thiophene rings is 1. The molecule has 2 aromatic rings. The molecular formula is C9H10BrN3S. The van der Waals surface area contributed by atoms with Gasteiger partial charge in [-0.05, 0) is 28.1 Å². The molecule has 0 atom stereocenters. The summed E-state index contributed by atoms with van der Waals surface area (Å²) in [4.78, 5) is 5.47. The number of nitrogens with zero attached hydrogens (tertiary/aromatic N) is 2. The molecule has 3 nitrogen and oxygen atoms in total. The van der Waals surface area contributed by atoms with E-state index in [1.165, 1.54) is 4.88 Å². The molecule has 0 fully saturated rings. The number of imidazole rings is 1. The van der Waals surface area contributed by atoms with Crippen molar-refractivity contribution in [3.63, 3.8) is 0 Å². The predicted octanol–water partition coefficient (Wildman–Crippen LogP) is 2.21. The molecule has 74 valence electrons. The van der Waals surface area contributed by atoms with Gasteiger partial charge in [-0.15, -0.1) is 11.3 Å². The van der Waals surface area contributed by atoms with Crippen molar-refractivity contribution in [3.05, 3.63) is 39.0 Å². The molecule has 2 aromatic heterocycles. The Morgan fingerprint density at radius 3 is 2.93 bits per heavy atom. The zero-order valence-corrected chi connectivity index (χ0v) is 9.88. The number of halogens is 1. The molecule has 2 heterocycles. The van der Waals surface area contributed by atoms with Crippen molar-refractivity contribution < 1.29 is 0 Å². The molecular weight excluding hydrogens is 262 g/mol. The van der Waals surface area contributed by atoms with E-state index in [-0.39, 0.29) is 0 Å². The minimum atomic E-state index is 0.501. The van der Waals surface area contributed by atoms with E-state index in [1.807, 2.05) is 17.1 Å². The highest BCUT2D eigenvalue weighted by Gasteiger charge is 2.00. The summed E-state index contributed by atoms with van der Waals surface area (Å²) in [6.45, 7) is 1.37. The highest BCUT2D eigenvalue weighted by Crippen LogP contribution is 2.22. The topological polar surface area (TPSA) is 43.8 Å². The van der Waals surface area contributed by atoms with E-state index < -0.39 is 0 Å². The maximum Gasteiger partial charge on any atom is 0.0953 e. The Bertz CT molecular complexity index is 421. The SMILES string of the molecule is NCc1cn(Cc2ccc(Br)s2)cn1. The van der Waals surface area contributed by atoms with Crippen LogP contribution in [0.25, 0.3) is 0 Å². The summed E-state index contributed by atoms with van der Waals surface area (Å²) >= 11 is 5.17. The lowest BCUT2D eigenvalue weighted by Gasteiger charge is -1.97. The molecule has 0 aliphatic rings. The van der Waals surface area contributed by atoms with E-state index in [9.17, 15) is 0 Å². The predicted molar refractivity (Wildman–Crippen MR) is 61.2 cm³/mol. The van der Waals surface area contributed by atoms with Gasteiger partial charge in [-0.25, -0.2) is 4.98 Å². The summed E-state index contributed by atoms with van der Waals surface area (Å²) in [5.41, 5.74) is 6.41. The van der Waals surface area contributed by atoms with Crippen LogP contribution in [0.2, 0.25) is 0 Å². The lowest BCUT2D eigenvalue weighted by Crippen LogP contribution is -1.96. The molecule has 0 bridgehead atoms. The molecule has 14 heavy (non-hydrogen) atoms. The summed E-state index contributed by atoms with van der Waals surface area (Å²) in [7, 11) is 0. The molecule has 0 aliphatic heterocycles. The molecule has 2 rings (SSSR count). The summed E-state index contributed by atoms with van der Waals surface area (Å²) in [6, 6.07) is 4.16. The number of hydrogen-bond acceptors (Lipinski definition) is 3. The van der Waals surface area contributed by atoms with Crippen molar-refractivity contribution in [1.29, 1.82) is 0 Å². The summed E-state index contributed by atoms with van der Waals surface area (Å²) in [5.74, 6) is 0. The Hall–Kier alpha value is -0.650. The van der Waals surface area contributed by atoms with E-state index in [4.69, 9.17) is 5.73 Å². The van der Waals surface area contributed by atoms with Crippen LogP contribution in [0.4, 0.5) is 0 Å². The molecule has 5 heteroatoms. The normalized spacial score (nSPS) is 10.7. The summed E-state index contributed by atoms with van der Waals surface area (Å²) in [5, 5.41) is 0. The number of hydrogen-bond donors (Lipinski definition) is 1. The van der Waals surface area contributed by atoms with Crippen LogP contribution in [-0.4, -0.2) is 9.55 Å². The van der Waals surface area contributed by atoms with Crippen LogP contribution >= 0.6 is 27.3 Å². The van der Waals surface area contributed by atoms with Crippen molar-refractivity contribution in [2.45, 2.75) is 13.1 Å². The Balaban J connectivity index is 2.10. The highest BCUT2D eigenvalue weighted by atomic mass is 79.9. The van der Waals surface area contributed by atoms with Crippen LogP contribution in [0.3, 0.4) is 0 Å². The third-order valence-electron chi connectivity index (χ3n) is 1.86. The molecule has 0 amide bonds. The van der Waals surface area contributed by atoms with Crippen LogP contribution in [0.15, 0.2) is 28.4 Å². The van der Waals surface area contributed by atoms with Crippen molar-refractivity contribution in [3.8, 4) is 0 Å². The average Bonchev–Trinajstić information content (AvgIpc) is 2.76. The van der Waals surface area contributed by atoms with Gasteiger partial charge in [0.15, 0.2) is 0 Å². The van der Waals surface area contributed by atoms with Gasteiger partial charge in [-0.2, -0.15) is 0 Å². The van der Waals surface area contributed by atoms with Crippen LogP contribution in [0, 0.1) is 0 Å².